The number of ether oxygens (including phenoxy) is 2. The van der Waals surface area contributed by atoms with Gasteiger partial charge in [-0.2, -0.15) is 0 Å². The van der Waals surface area contributed by atoms with Crippen molar-refractivity contribution in [2.45, 2.75) is 52.1 Å². The minimum absolute atomic E-state index is 0.0368. The van der Waals surface area contributed by atoms with Crippen LogP contribution < -0.4 is 20.6 Å². The van der Waals surface area contributed by atoms with Gasteiger partial charge in [-0.25, -0.2) is 4.79 Å². The molecule has 31 heavy (non-hydrogen) atoms. The lowest BCUT2D eigenvalue weighted by atomic mass is 9.92. The van der Waals surface area contributed by atoms with Crippen LogP contribution in [0.1, 0.15) is 43.4 Å². The Balaban J connectivity index is 1.42. The number of benzene rings is 1. The molecule has 1 fully saturated rings. The molecule has 7 heteroatoms. The Kier molecular flexibility index (Phi) is 6.34. The van der Waals surface area contributed by atoms with Gasteiger partial charge in [0.25, 0.3) is 0 Å². The van der Waals surface area contributed by atoms with Crippen LogP contribution >= 0.6 is 0 Å². The first-order valence-corrected chi connectivity index (χ1v) is 11.3. The number of carbonyl (C=O) groups excluding carboxylic acids is 1. The van der Waals surface area contributed by atoms with E-state index in [2.05, 4.69) is 19.2 Å². The number of aryl methyl sites for hydroxylation is 2. The highest BCUT2D eigenvalue weighted by Gasteiger charge is 2.28. The molecule has 0 spiro atoms. The topological polar surface area (TPSA) is 82.2 Å². The van der Waals surface area contributed by atoms with E-state index in [1.165, 1.54) is 4.90 Å². The number of quaternary nitrogens is 1. The van der Waals surface area contributed by atoms with Gasteiger partial charge in [0, 0.05) is 24.4 Å². The van der Waals surface area contributed by atoms with Crippen LogP contribution in [0.3, 0.4) is 0 Å². The number of amides is 1. The number of hydrogen-bond acceptors (Lipinski definition) is 5. The second kappa shape index (κ2) is 9.01. The molecule has 1 amide bonds. The Morgan fingerprint density at radius 2 is 2.00 bits per heavy atom. The maximum absolute atomic E-state index is 12.6. The van der Waals surface area contributed by atoms with Crippen LogP contribution in [0.4, 0.5) is 0 Å². The maximum Gasteiger partial charge on any atom is 0.340 e. The summed E-state index contributed by atoms with van der Waals surface area (Å²) in [5.74, 6) is 0.633. The molecule has 168 valence electrons. The molecule has 2 aliphatic rings. The fourth-order valence-corrected chi connectivity index (χ4v) is 4.44. The first-order valence-electron chi connectivity index (χ1n) is 11.3. The van der Waals surface area contributed by atoms with Crippen LogP contribution in [0.5, 0.6) is 5.75 Å². The Hall–Kier alpha value is -2.38. The van der Waals surface area contributed by atoms with Crippen molar-refractivity contribution >= 4 is 16.9 Å². The van der Waals surface area contributed by atoms with E-state index in [0.29, 0.717) is 17.7 Å². The first kappa shape index (κ1) is 21.8. The zero-order valence-electron chi connectivity index (χ0n) is 18.8. The van der Waals surface area contributed by atoms with Crippen molar-refractivity contribution in [2.24, 2.45) is 0 Å². The highest BCUT2D eigenvalue weighted by Crippen LogP contribution is 2.36. The van der Waals surface area contributed by atoms with Crippen molar-refractivity contribution < 1.29 is 23.6 Å². The molecular weight excluding hydrogens is 396 g/mol. The summed E-state index contributed by atoms with van der Waals surface area (Å²) in [6.45, 7) is 11.3. The van der Waals surface area contributed by atoms with Crippen molar-refractivity contribution in [1.29, 1.82) is 0 Å². The molecule has 1 saturated heterocycles. The quantitative estimate of drug-likeness (QED) is 0.532. The van der Waals surface area contributed by atoms with Crippen molar-refractivity contribution in [1.82, 2.24) is 5.32 Å². The van der Waals surface area contributed by atoms with Gasteiger partial charge in [-0.05, 0) is 50.8 Å². The fraction of sp³-hybridized carbons (Fsp3) is 0.583. The van der Waals surface area contributed by atoms with Crippen molar-refractivity contribution in [3.63, 3.8) is 0 Å². The molecule has 4 rings (SSSR count). The summed E-state index contributed by atoms with van der Waals surface area (Å²) >= 11 is 0. The van der Waals surface area contributed by atoms with E-state index in [1.54, 1.807) is 0 Å². The minimum Gasteiger partial charge on any atom is -0.487 e. The summed E-state index contributed by atoms with van der Waals surface area (Å²) < 4.78 is 17.0. The normalized spacial score (nSPS) is 18.4. The molecule has 2 N–H and O–H groups in total. The summed E-state index contributed by atoms with van der Waals surface area (Å²) in [5, 5.41) is 3.82. The summed E-state index contributed by atoms with van der Waals surface area (Å²) in [7, 11) is 0. The second-order valence-electron chi connectivity index (χ2n) is 9.30. The second-order valence-corrected chi connectivity index (χ2v) is 9.30. The summed E-state index contributed by atoms with van der Waals surface area (Å²) in [5.41, 5.74) is 2.19. The zero-order valence-corrected chi connectivity index (χ0v) is 18.8. The van der Waals surface area contributed by atoms with Gasteiger partial charge >= 0.3 is 5.63 Å². The van der Waals surface area contributed by atoms with Crippen molar-refractivity contribution in [3.8, 4) is 5.75 Å². The van der Waals surface area contributed by atoms with Crippen LogP contribution in [0.15, 0.2) is 21.3 Å². The molecule has 0 aliphatic carbocycles. The van der Waals surface area contributed by atoms with E-state index >= 15 is 0 Å². The molecule has 2 aromatic rings. The third-order valence-corrected chi connectivity index (χ3v) is 6.42. The lowest BCUT2D eigenvalue weighted by molar-refractivity contribution is -0.908. The molecule has 0 radical (unpaired) electrons. The van der Waals surface area contributed by atoms with Crippen LogP contribution in [0.2, 0.25) is 0 Å². The molecule has 0 bridgehead atoms. The SMILES string of the molecule is Cc1c(CC(=O)NCCC[NH+]2CCOCC2)c(=O)oc2cc3c(cc12)CCC(C)(C)O3. The summed E-state index contributed by atoms with van der Waals surface area (Å²) in [6, 6.07) is 3.86. The summed E-state index contributed by atoms with van der Waals surface area (Å²) in [4.78, 5) is 26.6. The monoisotopic (exact) mass is 429 g/mol. The standard InChI is InChI=1S/C24H32N2O5/c1-16-18-13-17-5-6-24(2,3)31-20(17)15-21(18)30-23(28)19(16)14-22(27)25-7-4-8-26-9-11-29-12-10-26/h13,15H,4-12,14H2,1-3H3,(H,25,27)/p+1. The van der Waals surface area contributed by atoms with Crippen molar-refractivity contribution in [2.75, 3.05) is 39.4 Å². The molecule has 3 heterocycles. The van der Waals surface area contributed by atoms with Crippen LogP contribution in [-0.2, 0) is 22.4 Å². The number of hydrogen-bond donors (Lipinski definition) is 2. The number of carbonyl (C=O) groups is 1. The van der Waals surface area contributed by atoms with E-state index in [-0.39, 0.29) is 17.9 Å². The van der Waals surface area contributed by atoms with E-state index in [9.17, 15) is 9.59 Å². The van der Waals surface area contributed by atoms with Gasteiger partial charge in [0.05, 0.1) is 31.7 Å². The van der Waals surface area contributed by atoms with Gasteiger partial charge in [0.2, 0.25) is 5.91 Å². The third kappa shape index (κ3) is 5.10. The molecular formula is C24H33N2O5+. The molecule has 7 nitrogen and oxygen atoms in total. The Labute approximate surface area is 182 Å². The fourth-order valence-electron chi connectivity index (χ4n) is 4.44. The average Bonchev–Trinajstić information content (AvgIpc) is 2.73. The minimum atomic E-state index is -0.451. The molecule has 0 saturated carbocycles. The predicted molar refractivity (Wildman–Crippen MR) is 118 cm³/mol. The smallest absolute Gasteiger partial charge is 0.340 e. The molecule has 2 aliphatic heterocycles. The number of rotatable bonds is 6. The highest BCUT2D eigenvalue weighted by molar-refractivity contribution is 5.86. The zero-order chi connectivity index (χ0) is 22.0. The maximum atomic E-state index is 12.6. The Morgan fingerprint density at radius 3 is 2.77 bits per heavy atom. The number of nitrogens with one attached hydrogen (secondary N) is 2. The van der Waals surface area contributed by atoms with Gasteiger partial charge in [-0.3, -0.25) is 4.79 Å². The molecule has 0 atom stereocenters. The van der Waals surface area contributed by atoms with Crippen LogP contribution in [-0.4, -0.2) is 50.9 Å². The van der Waals surface area contributed by atoms with Gasteiger partial charge in [0.15, 0.2) is 0 Å². The van der Waals surface area contributed by atoms with Gasteiger partial charge in [0.1, 0.15) is 30.0 Å². The summed E-state index contributed by atoms with van der Waals surface area (Å²) in [6.07, 6.45) is 2.80. The third-order valence-electron chi connectivity index (χ3n) is 6.42. The van der Waals surface area contributed by atoms with Crippen molar-refractivity contribution in [3.05, 3.63) is 39.2 Å². The lowest BCUT2D eigenvalue weighted by Gasteiger charge is -2.32. The molecule has 1 aromatic carbocycles. The average molecular weight is 430 g/mol. The lowest BCUT2D eigenvalue weighted by Crippen LogP contribution is -3.14. The Bertz CT molecular complexity index is 1020. The van der Waals surface area contributed by atoms with E-state index in [0.717, 1.165) is 74.4 Å². The number of morpholine rings is 1. The van der Waals surface area contributed by atoms with Gasteiger partial charge in [-0.1, -0.05) is 0 Å². The van der Waals surface area contributed by atoms with Crippen LogP contribution in [0, 0.1) is 6.92 Å². The van der Waals surface area contributed by atoms with E-state index in [4.69, 9.17) is 13.9 Å². The van der Waals surface area contributed by atoms with E-state index in [1.807, 2.05) is 19.1 Å². The highest BCUT2D eigenvalue weighted by atomic mass is 16.5. The van der Waals surface area contributed by atoms with E-state index < -0.39 is 5.63 Å². The largest absolute Gasteiger partial charge is 0.487 e. The van der Waals surface area contributed by atoms with Crippen LogP contribution in [0.25, 0.3) is 11.0 Å². The van der Waals surface area contributed by atoms with Gasteiger partial charge < -0.3 is 24.1 Å². The number of fused-ring (bicyclic) bond motifs is 2. The predicted octanol–water partition coefficient (Wildman–Crippen LogP) is 1.17. The molecule has 0 unspecified atom stereocenters. The Morgan fingerprint density at radius 1 is 1.23 bits per heavy atom. The van der Waals surface area contributed by atoms with Gasteiger partial charge in [-0.15, -0.1) is 0 Å². The first-order chi connectivity index (χ1) is 14.8. The molecule has 1 aromatic heterocycles.